The first-order chi connectivity index (χ1) is 14.6. The van der Waals surface area contributed by atoms with Gasteiger partial charge >= 0.3 is 0 Å². The lowest BCUT2D eigenvalue weighted by Gasteiger charge is -2.07. The minimum atomic E-state index is -0.198. The molecular weight excluding hydrogens is 400 g/mol. The Bertz CT molecular complexity index is 1150. The second-order valence-electron chi connectivity index (χ2n) is 6.89. The van der Waals surface area contributed by atoms with Crippen LogP contribution in [0.2, 0.25) is 5.02 Å². The first kappa shape index (κ1) is 20.0. The number of aromatic nitrogens is 1. The van der Waals surface area contributed by atoms with E-state index in [9.17, 15) is 4.79 Å². The van der Waals surface area contributed by atoms with Crippen molar-refractivity contribution in [2.75, 3.05) is 11.9 Å². The average Bonchev–Trinajstić information content (AvgIpc) is 3.18. The summed E-state index contributed by atoms with van der Waals surface area (Å²) in [6.45, 7) is 2.80. The van der Waals surface area contributed by atoms with E-state index in [1.165, 1.54) is 0 Å². The highest BCUT2D eigenvalue weighted by atomic mass is 35.5. The molecule has 3 aromatic carbocycles. The number of amides is 1. The number of oxazole rings is 1. The highest BCUT2D eigenvalue weighted by Crippen LogP contribution is 2.27. The third-order valence-electron chi connectivity index (χ3n) is 4.62. The number of fused-ring (bicyclic) bond motifs is 1. The van der Waals surface area contributed by atoms with E-state index in [0.717, 1.165) is 24.2 Å². The normalized spacial score (nSPS) is 10.9. The summed E-state index contributed by atoms with van der Waals surface area (Å²) in [5.41, 5.74) is 3.35. The van der Waals surface area contributed by atoms with Crippen LogP contribution in [0.25, 0.3) is 22.6 Å². The number of halogens is 1. The van der Waals surface area contributed by atoms with Crippen molar-refractivity contribution in [2.24, 2.45) is 0 Å². The van der Waals surface area contributed by atoms with Crippen LogP contribution in [0.5, 0.6) is 5.75 Å². The van der Waals surface area contributed by atoms with Crippen molar-refractivity contribution in [2.45, 2.75) is 19.8 Å². The summed E-state index contributed by atoms with van der Waals surface area (Å²) in [4.78, 5) is 17.1. The largest absolute Gasteiger partial charge is 0.494 e. The molecule has 0 saturated carbocycles. The predicted molar refractivity (Wildman–Crippen MR) is 119 cm³/mol. The number of benzene rings is 3. The molecule has 0 bridgehead atoms. The zero-order valence-electron chi connectivity index (χ0n) is 16.5. The molecule has 0 aliphatic rings. The molecule has 4 aromatic rings. The summed E-state index contributed by atoms with van der Waals surface area (Å²) in [5.74, 6) is 1.07. The monoisotopic (exact) mass is 420 g/mol. The Hall–Kier alpha value is -3.31. The number of ether oxygens (including phenoxy) is 1. The van der Waals surface area contributed by atoms with Crippen molar-refractivity contribution in [3.63, 3.8) is 0 Å². The Morgan fingerprint density at radius 1 is 1.07 bits per heavy atom. The van der Waals surface area contributed by atoms with E-state index in [4.69, 9.17) is 20.8 Å². The number of rotatable bonds is 7. The van der Waals surface area contributed by atoms with E-state index in [1.54, 1.807) is 42.5 Å². The van der Waals surface area contributed by atoms with Gasteiger partial charge in [0.2, 0.25) is 5.89 Å². The number of nitrogens with one attached hydrogen (secondary N) is 1. The average molecular weight is 421 g/mol. The Balaban J connectivity index is 1.46. The van der Waals surface area contributed by atoms with E-state index in [1.807, 2.05) is 24.3 Å². The maximum atomic E-state index is 12.6. The smallest absolute Gasteiger partial charge is 0.255 e. The van der Waals surface area contributed by atoms with E-state index in [-0.39, 0.29) is 5.91 Å². The van der Waals surface area contributed by atoms with Gasteiger partial charge in [-0.15, -0.1) is 0 Å². The lowest BCUT2D eigenvalue weighted by atomic mass is 10.2. The fourth-order valence-electron chi connectivity index (χ4n) is 2.96. The van der Waals surface area contributed by atoms with Crippen LogP contribution in [-0.2, 0) is 0 Å². The Labute approximate surface area is 179 Å². The molecule has 0 spiro atoms. The van der Waals surface area contributed by atoms with Gasteiger partial charge in [0.15, 0.2) is 5.58 Å². The molecule has 1 aromatic heterocycles. The van der Waals surface area contributed by atoms with Gasteiger partial charge in [-0.2, -0.15) is 0 Å². The molecule has 1 heterocycles. The van der Waals surface area contributed by atoms with Crippen LogP contribution in [-0.4, -0.2) is 17.5 Å². The second-order valence-corrected chi connectivity index (χ2v) is 7.33. The summed E-state index contributed by atoms with van der Waals surface area (Å²) >= 11 is 5.94. The van der Waals surface area contributed by atoms with Crippen molar-refractivity contribution in [1.82, 2.24) is 4.98 Å². The van der Waals surface area contributed by atoms with Gasteiger partial charge < -0.3 is 14.5 Å². The SMILES string of the molecule is CCCCOc1ccc(C(=O)Nc2ccc3oc(-c4ccc(Cl)cc4)nc3c2)cc1. The van der Waals surface area contributed by atoms with E-state index < -0.39 is 0 Å². The molecule has 0 fully saturated rings. The number of anilines is 1. The fraction of sp³-hybridized carbons (Fsp3) is 0.167. The van der Waals surface area contributed by atoms with E-state index in [2.05, 4.69) is 17.2 Å². The van der Waals surface area contributed by atoms with Crippen LogP contribution in [0.4, 0.5) is 5.69 Å². The van der Waals surface area contributed by atoms with Crippen molar-refractivity contribution in [3.8, 4) is 17.2 Å². The van der Waals surface area contributed by atoms with Crippen molar-refractivity contribution < 1.29 is 13.9 Å². The third-order valence-corrected chi connectivity index (χ3v) is 4.87. The van der Waals surface area contributed by atoms with Gasteiger partial charge in [-0.05, 0) is 73.2 Å². The van der Waals surface area contributed by atoms with Crippen molar-refractivity contribution in [1.29, 1.82) is 0 Å². The lowest BCUT2D eigenvalue weighted by molar-refractivity contribution is 0.102. The maximum Gasteiger partial charge on any atom is 0.255 e. The molecule has 0 saturated heterocycles. The number of nitrogens with zero attached hydrogens (tertiary/aromatic N) is 1. The standard InChI is InChI=1S/C24H21ClN2O3/c1-2-3-14-29-20-11-6-16(7-12-20)23(28)26-19-10-13-22-21(15-19)27-24(30-22)17-4-8-18(25)9-5-17/h4-13,15H,2-3,14H2,1H3,(H,26,28). The molecule has 0 unspecified atom stereocenters. The van der Waals surface area contributed by atoms with Gasteiger partial charge in [-0.25, -0.2) is 4.98 Å². The second kappa shape index (κ2) is 9.01. The zero-order valence-corrected chi connectivity index (χ0v) is 17.3. The minimum absolute atomic E-state index is 0.198. The minimum Gasteiger partial charge on any atom is -0.494 e. The van der Waals surface area contributed by atoms with Gasteiger partial charge in [0.05, 0.1) is 6.61 Å². The molecule has 6 heteroatoms. The number of hydrogen-bond acceptors (Lipinski definition) is 4. The maximum absolute atomic E-state index is 12.6. The van der Waals surface area contributed by atoms with Crippen LogP contribution in [0.15, 0.2) is 71.1 Å². The third kappa shape index (κ3) is 4.63. The number of hydrogen-bond donors (Lipinski definition) is 1. The molecule has 0 atom stereocenters. The van der Waals surface area contributed by atoms with E-state index >= 15 is 0 Å². The Morgan fingerprint density at radius 3 is 2.57 bits per heavy atom. The molecule has 1 amide bonds. The zero-order chi connectivity index (χ0) is 20.9. The molecule has 0 aliphatic carbocycles. The molecule has 1 N–H and O–H groups in total. The summed E-state index contributed by atoms with van der Waals surface area (Å²) in [5, 5.41) is 3.55. The number of unbranched alkanes of at least 4 members (excludes halogenated alkanes) is 1. The summed E-state index contributed by atoms with van der Waals surface area (Å²) in [6.07, 6.45) is 2.09. The summed E-state index contributed by atoms with van der Waals surface area (Å²) < 4.78 is 11.4. The fourth-order valence-corrected chi connectivity index (χ4v) is 3.09. The van der Waals surface area contributed by atoms with Crippen LogP contribution in [0.1, 0.15) is 30.1 Å². The Morgan fingerprint density at radius 2 is 1.83 bits per heavy atom. The van der Waals surface area contributed by atoms with Crippen LogP contribution >= 0.6 is 11.6 Å². The first-order valence-electron chi connectivity index (χ1n) is 9.83. The van der Waals surface area contributed by atoms with Crippen LogP contribution in [0, 0.1) is 0 Å². The van der Waals surface area contributed by atoms with Gasteiger partial charge in [0.25, 0.3) is 5.91 Å². The Kier molecular flexibility index (Phi) is 6.00. The van der Waals surface area contributed by atoms with Gasteiger partial charge in [0, 0.05) is 21.8 Å². The highest BCUT2D eigenvalue weighted by Gasteiger charge is 2.11. The van der Waals surface area contributed by atoms with Gasteiger partial charge in [-0.3, -0.25) is 4.79 Å². The van der Waals surface area contributed by atoms with E-state index in [0.29, 0.717) is 39.9 Å². The predicted octanol–water partition coefficient (Wildman–Crippen LogP) is 6.58. The summed E-state index contributed by atoms with van der Waals surface area (Å²) in [6, 6.07) is 19.8. The molecular formula is C24H21ClN2O3. The number of carbonyl (C=O) groups is 1. The first-order valence-corrected chi connectivity index (χ1v) is 10.2. The van der Waals surface area contributed by atoms with Gasteiger partial charge in [-0.1, -0.05) is 24.9 Å². The topological polar surface area (TPSA) is 64.4 Å². The highest BCUT2D eigenvalue weighted by molar-refractivity contribution is 6.30. The molecule has 0 aliphatic heterocycles. The molecule has 5 nitrogen and oxygen atoms in total. The van der Waals surface area contributed by atoms with Crippen LogP contribution < -0.4 is 10.1 Å². The lowest BCUT2D eigenvalue weighted by Crippen LogP contribution is -2.11. The number of carbonyl (C=O) groups excluding carboxylic acids is 1. The van der Waals surface area contributed by atoms with Crippen molar-refractivity contribution >= 4 is 34.3 Å². The molecule has 0 radical (unpaired) electrons. The summed E-state index contributed by atoms with van der Waals surface area (Å²) in [7, 11) is 0. The molecule has 30 heavy (non-hydrogen) atoms. The quantitative estimate of drug-likeness (QED) is 0.343. The van der Waals surface area contributed by atoms with Crippen molar-refractivity contribution in [3.05, 3.63) is 77.3 Å². The molecule has 152 valence electrons. The molecule has 4 rings (SSSR count). The van der Waals surface area contributed by atoms with Gasteiger partial charge in [0.1, 0.15) is 11.3 Å². The van der Waals surface area contributed by atoms with Crippen LogP contribution in [0.3, 0.4) is 0 Å².